The van der Waals surface area contributed by atoms with E-state index in [1.807, 2.05) is 35.0 Å². The molecule has 84 valence electrons. The summed E-state index contributed by atoms with van der Waals surface area (Å²) >= 11 is 3.41. The highest BCUT2D eigenvalue weighted by atomic mass is 79.9. The van der Waals surface area contributed by atoms with Gasteiger partial charge in [-0.1, -0.05) is 15.9 Å². The first-order chi connectivity index (χ1) is 8.24. The molecular weight excluding hydrogens is 280 g/mol. The van der Waals surface area contributed by atoms with Crippen molar-refractivity contribution in [3.05, 3.63) is 53.1 Å². The molecule has 0 fully saturated rings. The molecule has 3 nitrogen and oxygen atoms in total. The van der Waals surface area contributed by atoms with E-state index in [1.54, 1.807) is 18.3 Å². The normalized spacial score (nSPS) is 10.9. The van der Waals surface area contributed by atoms with Crippen molar-refractivity contribution in [3.63, 3.8) is 0 Å². The lowest BCUT2D eigenvalue weighted by Crippen LogP contribution is -1.94. The van der Waals surface area contributed by atoms with Crippen molar-refractivity contribution < 1.29 is 5.11 Å². The Morgan fingerprint density at radius 2 is 1.82 bits per heavy atom. The largest absolute Gasteiger partial charge is 0.508 e. The van der Waals surface area contributed by atoms with Crippen LogP contribution in [0.3, 0.4) is 0 Å². The molecule has 17 heavy (non-hydrogen) atoms. The molecule has 1 N–H and O–H groups in total. The van der Waals surface area contributed by atoms with Gasteiger partial charge in [0, 0.05) is 9.86 Å². The van der Waals surface area contributed by atoms with E-state index < -0.39 is 0 Å². The summed E-state index contributed by atoms with van der Waals surface area (Å²) in [4.78, 5) is 0. The third-order valence-corrected chi connectivity index (χ3v) is 3.15. The first-order valence-corrected chi connectivity index (χ1v) is 5.96. The Morgan fingerprint density at radius 3 is 2.59 bits per heavy atom. The van der Waals surface area contributed by atoms with Gasteiger partial charge in [0.1, 0.15) is 5.75 Å². The van der Waals surface area contributed by atoms with Gasteiger partial charge in [0.2, 0.25) is 0 Å². The van der Waals surface area contributed by atoms with Gasteiger partial charge >= 0.3 is 0 Å². The summed E-state index contributed by atoms with van der Waals surface area (Å²) in [5.41, 5.74) is 1.97. The minimum absolute atomic E-state index is 0.257. The topological polar surface area (TPSA) is 38.1 Å². The van der Waals surface area contributed by atoms with Crippen molar-refractivity contribution in [2.24, 2.45) is 0 Å². The van der Waals surface area contributed by atoms with Gasteiger partial charge in [-0.2, -0.15) is 5.10 Å². The van der Waals surface area contributed by atoms with Crippen LogP contribution in [0.4, 0.5) is 0 Å². The van der Waals surface area contributed by atoms with Crippen molar-refractivity contribution in [2.75, 3.05) is 0 Å². The third kappa shape index (κ3) is 1.80. The van der Waals surface area contributed by atoms with E-state index in [9.17, 15) is 5.11 Å². The van der Waals surface area contributed by atoms with Crippen LogP contribution in [0.15, 0.2) is 53.1 Å². The maximum absolute atomic E-state index is 9.40. The first kappa shape index (κ1) is 10.4. The number of fused-ring (bicyclic) bond motifs is 1. The van der Waals surface area contributed by atoms with E-state index >= 15 is 0 Å². The molecule has 3 aromatic rings. The highest BCUT2D eigenvalue weighted by Gasteiger charge is 2.05. The number of phenols is 1. The molecule has 0 amide bonds. The maximum atomic E-state index is 9.40. The molecule has 4 heteroatoms. The van der Waals surface area contributed by atoms with Crippen LogP contribution in [0, 0.1) is 0 Å². The van der Waals surface area contributed by atoms with Gasteiger partial charge in [0.05, 0.1) is 17.4 Å². The fourth-order valence-corrected chi connectivity index (χ4v) is 2.07. The Labute approximate surface area is 106 Å². The molecule has 2 aromatic carbocycles. The zero-order valence-electron chi connectivity index (χ0n) is 8.84. The van der Waals surface area contributed by atoms with Crippen LogP contribution in [-0.2, 0) is 0 Å². The number of rotatable bonds is 1. The SMILES string of the molecule is Oc1ccc2c(cnn2-c2ccc(Br)cc2)c1. The van der Waals surface area contributed by atoms with Gasteiger partial charge in [0.15, 0.2) is 0 Å². The molecule has 3 rings (SSSR count). The Balaban J connectivity index is 2.21. The Kier molecular flexibility index (Phi) is 2.37. The van der Waals surface area contributed by atoms with Crippen LogP contribution in [-0.4, -0.2) is 14.9 Å². The monoisotopic (exact) mass is 288 g/mol. The van der Waals surface area contributed by atoms with Gasteiger partial charge < -0.3 is 5.11 Å². The van der Waals surface area contributed by atoms with Crippen LogP contribution in [0.25, 0.3) is 16.6 Å². The number of hydrogen-bond donors (Lipinski definition) is 1. The van der Waals surface area contributed by atoms with Gasteiger partial charge in [-0.3, -0.25) is 0 Å². The van der Waals surface area contributed by atoms with Crippen molar-refractivity contribution in [3.8, 4) is 11.4 Å². The fraction of sp³-hybridized carbons (Fsp3) is 0. The number of aromatic nitrogens is 2. The zero-order chi connectivity index (χ0) is 11.8. The Bertz CT molecular complexity index is 673. The van der Waals surface area contributed by atoms with E-state index in [0.717, 1.165) is 21.1 Å². The number of benzene rings is 2. The van der Waals surface area contributed by atoms with E-state index in [-0.39, 0.29) is 5.75 Å². The maximum Gasteiger partial charge on any atom is 0.116 e. The standard InChI is InChI=1S/C13H9BrN2O/c14-10-1-3-11(4-2-10)16-13-6-5-12(17)7-9(13)8-15-16/h1-8,17H. The molecule has 1 aromatic heterocycles. The molecule has 0 atom stereocenters. The summed E-state index contributed by atoms with van der Waals surface area (Å²) in [5, 5.41) is 14.7. The molecule has 0 radical (unpaired) electrons. The lowest BCUT2D eigenvalue weighted by molar-refractivity contribution is 0.476. The predicted molar refractivity (Wildman–Crippen MR) is 70.4 cm³/mol. The van der Waals surface area contributed by atoms with E-state index in [0.29, 0.717) is 0 Å². The molecule has 0 aliphatic rings. The molecule has 0 bridgehead atoms. The summed E-state index contributed by atoms with van der Waals surface area (Å²) in [6, 6.07) is 13.2. The smallest absolute Gasteiger partial charge is 0.116 e. The van der Waals surface area contributed by atoms with Gasteiger partial charge in [-0.05, 0) is 42.5 Å². The lowest BCUT2D eigenvalue weighted by atomic mass is 10.2. The van der Waals surface area contributed by atoms with Gasteiger partial charge in [-0.15, -0.1) is 0 Å². The number of nitrogens with zero attached hydrogens (tertiary/aromatic N) is 2. The van der Waals surface area contributed by atoms with E-state index in [2.05, 4.69) is 21.0 Å². The minimum Gasteiger partial charge on any atom is -0.508 e. The summed E-state index contributed by atoms with van der Waals surface area (Å²) < 4.78 is 2.89. The van der Waals surface area contributed by atoms with Gasteiger partial charge in [0.25, 0.3) is 0 Å². The van der Waals surface area contributed by atoms with Gasteiger partial charge in [-0.25, -0.2) is 4.68 Å². The summed E-state index contributed by atoms with van der Waals surface area (Å²) in [6.07, 6.45) is 1.75. The Morgan fingerprint density at radius 1 is 1.06 bits per heavy atom. The quantitative estimate of drug-likeness (QED) is 0.744. The molecule has 0 aliphatic heterocycles. The number of halogens is 1. The van der Waals surface area contributed by atoms with Crippen molar-refractivity contribution in [2.45, 2.75) is 0 Å². The second kappa shape index (κ2) is 3.89. The van der Waals surface area contributed by atoms with Crippen LogP contribution in [0.2, 0.25) is 0 Å². The van der Waals surface area contributed by atoms with Crippen molar-refractivity contribution in [1.82, 2.24) is 9.78 Å². The van der Waals surface area contributed by atoms with Crippen LogP contribution in [0.5, 0.6) is 5.75 Å². The van der Waals surface area contributed by atoms with Crippen LogP contribution in [0.1, 0.15) is 0 Å². The lowest BCUT2D eigenvalue weighted by Gasteiger charge is -2.03. The average molecular weight is 289 g/mol. The highest BCUT2D eigenvalue weighted by molar-refractivity contribution is 9.10. The number of hydrogen-bond acceptors (Lipinski definition) is 2. The predicted octanol–water partition coefficient (Wildman–Crippen LogP) is 3.49. The Hall–Kier alpha value is -1.81. The molecule has 1 heterocycles. The summed E-state index contributed by atoms with van der Waals surface area (Å²) in [6.45, 7) is 0. The molecule has 0 saturated carbocycles. The minimum atomic E-state index is 0.257. The molecule has 0 unspecified atom stereocenters. The first-order valence-electron chi connectivity index (χ1n) is 5.17. The summed E-state index contributed by atoms with van der Waals surface area (Å²) in [5.74, 6) is 0.257. The third-order valence-electron chi connectivity index (χ3n) is 2.62. The molecule has 0 aliphatic carbocycles. The number of aromatic hydroxyl groups is 1. The highest BCUT2D eigenvalue weighted by Crippen LogP contribution is 2.23. The number of phenolic OH excluding ortho intramolecular Hbond substituents is 1. The van der Waals surface area contributed by atoms with Crippen molar-refractivity contribution in [1.29, 1.82) is 0 Å². The fourth-order valence-electron chi connectivity index (χ4n) is 1.81. The van der Waals surface area contributed by atoms with E-state index in [1.165, 1.54) is 0 Å². The van der Waals surface area contributed by atoms with Crippen molar-refractivity contribution >= 4 is 26.8 Å². The second-order valence-electron chi connectivity index (χ2n) is 3.78. The van der Waals surface area contributed by atoms with E-state index in [4.69, 9.17) is 0 Å². The second-order valence-corrected chi connectivity index (χ2v) is 4.69. The summed E-state index contributed by atoms with van der Waals surface area (Å²) in [7, 11) is 0. The van der Waals surface area contributed by atoms with Crippen LogP contribution >= 0.6 is 15.9 Å². The average Bonchev–Trinajstić information content (AvgIpc) is 2.73. The molecular formula is C13H9BrN2O. The zero-order valence-corrected chi connectivity index (χ0v) is 10.4. The molecule has 0 saturated heterocycles. The van der Waals surface area contributed by atoms with Crippen LogP contribution < -0.4 is 0 Å². The molecule has 0 spiro atoms.